The van der Waals surface area contributed by atoms with Gasteiger partial charge in [0, 0.05) is 28.9 Å². The third-order valence-electron chi connectivity index (χ3n) is 3.17. The Bertz CT molecular complexity index is 714. The first-order valence-electron chi connectivity index (χ1n) is 7.64. The highest BCUT2D eigenvalue weighted by Gasteiger charge is 2.06. The van der Waals surface area contributed by atoms with Gasteiger partial charge in [-0.3, -0.25) is 4.79 Å². The van der Waals surface area contributed by atoms with E-state index in [1.54, 1.807) is 36.4 Å². The Morgan fingerprint density at radius 1 is 1.08 bits per heavy atom. The van der Waals surface area contributed by atoms with E-state index in [4.69, 9.17) is 11.6 Å². The van der Waals surface area contributed by atoms with Gasteiger partial charge in [-0.05, 0) is 49.7 Å². The Morgan fingerprint density at radius 2 is 1.79 bits per heavy atom. The summed E-state index contributed by atoms with van der Waals surface area (Å²) in [6, 6.07) is 13.9. The molecule has 0 aliphatic carbocycles. The van der Waals surface area contributed by atoms with Crippen LogP contribution in [0.2, 0.25) is 5.02 Å². The Labute approximate surface area is 146 Å². The summed E-state index contributed by atoms with van der Waals surface area (Å²) in [5, 5.41) is 8.85. The summed E-state index contributed by atoms with van der Waals surface area (Å²) in [6.45, 7) is 4.18. The summed E-state index contributed by atoms with van der Waals surface area (Å²) in [7, 11) is 0. The molecule has 0 aliphatic heterocycles. The van der Waals surface area contributed by atoms with Crippen LogP contribution in [0.4, 0.5) is 10.5 Å². The van der Waals surface area contributed by atoms with Gasteiger partial charge in [0.05, 0.1) is 0 Å². The van der Waals surface area contributed by atoms with Crippen LogP contribution in [0, 0.1) is 0 Å². The molecule has 3 amide bonds. The van der Waals surface area contributed by atoms with Gasteiger partial charge in [0.15, 0.2) is 0 Å². The van der Waals surface area contributed by atoms with Gasteiger partial charge < -0.3 is 16.0 Å². The molecule has 0 unspecified atom stereocenters. The van der Waals surface area contributed by atoms with Crippen LogP contribution in [-0.2, 0) is 6.54 Å². The molecule has 126 valence electrons. The number of hydrogen-bond donors (Lipinski definition) is 3. The lowest BCUT2D eigenvalue weighted by Crippen LogP contribution is -2.34. The number of halogens is 1. The molecule has 0 heterocycles. The molecule has 2 aromatic rings. The van der Waals surface area contributed by atoms with E-state index in [9.17, 15) is 9.59 Å². The molecule has 0 saturated heterocycles. The molecule has 0 fully saturated rings. The van der Waals surface area contributed by atoms with Gasteiger partial charge in [0.2, 0.25) is 0 Å². The molecule has 24 heavy (non-hydrogen) atoms. The fourth-order valence-corrected chi connectivity index (χ4v) is 2.24. The van der Waals surface area contributed by atoms with E-state index < -0.39 is 0 Å². The fraction of sp³-hybridized carbons (Fsp3) is 0.222. The van der Waals surface area contributed by atoms with E-state index in [2.05, 4.69) is 16.0 Å². The Morgan fingerprint density at radius 3 is 2.42 bits per heavy atom. The summed E-state index contributed by atoms with van der Waals surface area (Å²) in [4.78, 5) is 23.7. The van der Waals surface area contributed by atoms with E-state index >= 15 is 0 Å². The molecule has 2 rings (SSSR count). The molecule has 0 spiro atoms. The van der Waals surface area contributed by atoms with Crippen molar-refractivity contribution in [1.29, 1.82) is 0 Å². The molecule has 0 bridgehead atoms. The SMILES string of the molecule is CC(C)NC(=O)Nc1ccc(CNC(=O)c2cccc(Cl)c2)cc1. The molecule has 0 saturated carbocycles. The van der Waals surface area contributed by atoms with Crippen molar-refractivity contribution in [3.05, 3.63) is 64.7 Å². The van der Waals surface area contributed by atoms with Crippen LogP contribution < -0.4 is 16.0 Å². The van der Waals surface area contributed by atoms with E-state index in [1.807, 2.05) is 26.0 Å². The summed E-state index contributed by atoms with van der Waals surface area (Å²) < 4.78 is 0. The summed E-state index contributed by atoms with van der Waals surface area (Å²) in [5.74, 6) is -0.184. The lowest BCUT2D eigenvalue weighted by Gasteiger charge is -2.11. The van der Waals surface area contributed by atoms with Crippen LogP contribution in [-0.4, -0.2) is 18.0 Å². The summed E-state index contributed by atoms with van der Waals surface area (Å²) in [5.41, 5.74) is 2.14. The molecular formula is C18H20ClN3O2. The largest absolute Gasteiger partial charge is 0.348 e. The molecule has 6 heteroatoms. The van der Waals surface area contributed by atoms with Gasteiger partial charge in [-0.15, -0.1) is 0 Å². The quantitative estimate of drug-likeness (QED) is 0.771. The third kappa shape index (κ3) is 5.59. The number of anilines is 1. The van der Waals surface area contributed by atoms with Crippen LogP contribution in [0.15, 0.2) is 48.5 Å². The second kappa shape index (κ2) is 8.36. The number of benzene rings is 2. The second-order valence-corrected chi connectivity index (χ2v) is 6.08. The minimum Gasteiger partial charge on any atom is -0.348 e. The minimum atomic E-state index is -0.244. The topological polar surface area (TPSA) is 70.2 Å². The number of rotatable bonds is 5. The lowest BCUT2D eigenvalue weighted by molar-refractivity contribution is 0.0951. The Hall–Kier alpha value is -2.53. The molecule has 0 aromatic heterocycles. The van der Waals surface area contributed by atoms with Crippen molar-refractivity contribution in [2.75, 3.05) is 5.32 Å². The molecule has 3 N–H and O–H groups in total. The van der Waals surface area contributed by atoms with Gasteiger partial charge in [-0.1, -0.05) is 29.8 Å². The van der Waals surface area contributed by atoms with Crippen molar-refractivity contribution in [1.82, 2.24) is 10.6 Å². The molecule has 2 aromatic carbocycles. The van der Waals surface area contributed by atoms with Gasteiger partial charge >= 0.3 is 6.03 Å². The van der Waals surface area contributed by atoms with Crippen LogP contribution in [0.1, 0.15) is 29.8 Å². The normalized spacial score (nSPS) is 10.3. The zero-order chi connectivity index (χ0) is 17.5. The van der Waals surface area contributed by atoms with Crippen molar-refractivity contribution < 1.29 is 9.59 Å². The van der Waals surface area contributed by atoms with Gasteiger partial charge in [0.1, 0.15) is 0 Å². The second-order valence-electron chi connectivity index (χ2n) is 5.64. The van der Waals surface area contributed by atoms with Gasteiger partial charge in [-0.25, -0.2) is 4.79 Å². The average Bonchev–Trinajstić information content (AvgIpc) is 2.53. The third-order valence-corrected chi connectivity index (χ3v) is 3.41. The van der Waals surface area contributed by atoms with Crippen molar-refractivity contribution in [3.63, 3.8) is 0 Å². The highest BCUT2D eigenvalue weighted by atomic mass is 35.5. The monoisotopic (exact) mass is 345 g/mol. The highest BCUT2D eigenvalue weighted by molar-refractivity contribution is 6.30. The predicted octanol–water partition coefficient (Wildman–Crippen LogP) is 3.80. The van der Waals surface area contributed by atoms with E-state index in [0.717, 1.165) is 5.56 Å². The predicted molar refractivity (Wildman–Crippen MR) is 96.4 cm³/mol. The van der Waals surface area contributed by atoms with E-state index in [0.29, 0.717) is 22.8 Å². The number of urea groups is 1. The minimum absolute atomic E-state index is 0.0750. The van der Waals surface area contributed by atoms with Crippen LogP contribution in [0.3, 0.4) is 0 Å². The maximum Gasteiger partial charge on any atom is 0.319 e. The smallest absolute Gasteiger partial charge is 0.319 e. The van der Waals surface area contributed by atoms with Crippen molar-refractivity contribution >= 4 is 29.2 Å². The molecule has 0 aliphatic rings. The summed E-state index contributed by atoms with van der Waals surface area (Å²) in [6.07, 6.45) is 0. The van der Waals surface area contributed by atoms with E-state index in [1.165, 1.54) is 0 Å². The molecule has 0 radical (unpaired) electrons. The zero-order valence-electron chi connectivity index (χ0n) is 13.6. The first kappa shape index (κ1) is 17.8. The van der Waals surface area contributed by atoms with Crippen molar-refractivity contribution in [2.45, 2.75) is 26.4 Å². The highest BCUT2D eigenvalue weighted by Crippen LogP contribution is 2.12. The molecular weight excluding hydrogens is 326 g/mol. The maximum absolute atomic E-state index is 12.1. The van der Waals surface area contributed by atoms with Gasteiger partial charge in [0.25, 0.3) is 5.91 Å². The van der Waals surface area contributed by atoms with Crippen LogP contribution in [0.25, 0.3) is 0 Å². The van der Waals surface area contributed by atoms with Crippen molar-refractivity contribution in [2.24, 2.45) is 0 Å². The van der Waals surface area contributed by atoms with Crippen molar-refractivity contribution in [3.8, 4) is 0 Å². The number of carbonyl (C=O) groups excluding carboxylic acids is 2. The number of hydrogen-bond acceptors (Lipinski definition) is 2. The standard InChI is InChI=1S/C18H20ClN3O2/c1-12(2)21-18(24)22-16-8-6-13(7-9-16)11-20-17(23)14-4-3-5-15(19)10-14/h3-10,12H,11H2,1-2H3,(H,20,23)(H2,21,22,24). The first-order valence-corrected chi connectivity index (χ1v) is 8.02. The zero-order valence-corrected chi connectivity index (χ0v) is 14.4. The maximum atomic E-state index is 12.1. The number of nitrogens with one attached hydrogen (secondary N) is 3. The molecule has 0 atom stereocenters. The molecule has 5 nitrogen and oxygen atoms in total. The summed E-state index contributed by atoms with van der Waals surface area (Å²) >= 11 is 5.88. The number of amides is 3. The Kier molecular flexibility index (Phi) is 6.21. The van der Waals surface area contributed by atoms with E-state index in [-0.39, 0.29) is 18.0 Å². The fourth-order valence-electron chi connectivity index (χ4n) is 2.05. The average molecular weight is 346 g/mol. The first-order chi connectivity index (χ1) is 11.4. The lowest BCUT2D eigenvalue weighted by atomic mass is 10.2. The van der Waals surface area contributed by atoms with Crippen LogP contribution in [0.5, 0.6) is 0 Å². The van der Waals surface area contributed by atoms with Crippen LogP contribution >= 0.6 is 11.6 Å². The van der Waals surface area contributed by atoms with Gasteiger partial charge in [-0.2, -0.15) is 0 Å². The Balaban J connectivity index is 1.87. The number of carbonyl (C=O) groups is 2.